The van der Waals surface area contributed by atoms with Crippen molar-refractivity contribution >= 4 is 38.4 Å². The van der Waals surface area contributed by atoms with E-state index in [1.54, 1.807) is 25.1 Å². The summed E-state index contributed by atoms with van der Waals surface area (Å²) in [7, 11) is -3.83. The average Bonchev–Trinajstić information content (AvgIpc) is 3.27. The number of sulfone groups is 1. The molecule has 0 atom stereocenters. The van der Waals surface area contributed by atoms with Gasteiger partial charge >= 0.3 is 5.97 Å². The Morgan fingerprint density at radius 2 is 2.04 bits per heavy atom. The third kappa shape index (κ3) is 3.04. The molecule has 0 amide bonds. The van der Waals surface area contributed by atoms with Crippen LogP contribution in [0.1, 0.15) is 15.9 Å². The summed E-state index contributed by atoms with van der Waals surface area (Å²) in [6, 6.07) is 9.41. The van der Waals surface area contributed by atoms with E-state index in [9.17, 15) is 13.2 Å². The van der Waals surface area contributed by atoms with Crippen LogP contribution in [0.15, 0.2) is 58.6 Å². The number of hydrogen-bond acceptors (Lipinski definition) is 5. The van der Waals surface area contributed by atoms with Crippen molar-refractivity contribution in [2.75, 3.05) is 0 Å². The highest BCUT2D eigenvalue weighted by atomic mass is 35.5. The number of carbonyl (C=O) groups is 1. The van der Waals surface area contributed by atoms with E-state index in [1.807, 2.05) is 0 Å². The van der Waals surface area contributed by atoms with Crippen molar-refractivity contribution in [1.82, 2.24) is 19.7 Å². The summed E-state index contributed by atoms with van der Waals surface area (Å²) < 4.78 is 27.3. The van der Waals surface area contributed by atoms with Crippen LogP contribution in [-0.2, 0) is 9.84 Å². The molecule has 4 aromatic rings. The summed E-state index contributed by atoms with van der Waals surface area (Å²) >= 11 is 6.25. The first kappa shape index (κ1) is 18.2. The highest BCUT2D eigenvalue weighted by molar-refractivity contribution is 7.91. The molecule has 0 radical (unpaired) electrons. The Kier molecular flexibility index (Phi) is 4.20. The number of aromatic amines is 1. The van der Waals surface area contributed by atoms with Gasteiger partial charge in [0.15, 0.2) is 0 Å². The van der Waals surface area contributed by atoms with E-state index < -0.39 is 15.8 Å². The number of H-pyrrole nitrogens is 1. The molecule has 10 heteroatoms. The lowest BCUT2D eigenvalue weighted by Gasteiger charge is -2.07. The van der Waals surface area contributed by atoms with Crippen molar-refractivity contribution in [2.45, 2.75) is 16.7 Å². The Morgan fingerprint density at radius 1 is 1.25 bits per heavy atom. The maximum atomic E-state index is 13.0. The van der Waals surface area contributed by atoms with Gasteiger partial charge in [-0.1, -0.05) is 23.7 Å². The van der Waals surface area contributed by atoms with E-state index in [2.05, 4.69) is 15.1 Å². The minimum Gasteiger partial charge on any atom is -0.478 e. The minimum atomic E-state index is -3.83. The van der Waals surface area contributed by atoms with Crippen LogP contribution < -0.4 is 0 Å². The highest BCUT2D eigenvalue weighted by Gasteiger charge is 2.23. The fourth-order valence-electron chi connectivity index (χ4n) is 2.77. The van der Waals surface area contributed by atoms with Crippen LogP contribution in [0.25, 0.3) is 17.0 Å². The second-order valence-corrected chi connectivity index (χ2v) is 8.48. The molecule has 4 rings (SSSR count). The molecule has 0 saturated carbocycles. The number of carboxylic acids is 1. The Balaban J connectivity index is 1.83. The van der Waals surface area contributed by atoms with Gasteiger partial charge in [-0.15, -0.1) is 0 Å². The van der Waals surface area contributed by atoms with Crippen molar-refractivity contribution in [3.8, 4) is 5.95 Å². The summed E-state index contributed by atoms with van der Waals surface area (Å²) in [4.78, 5) is 18.4. The number of carboxylic acid groups (broad SMARTS) is 1. The highest BCUT2D eigenvalue weighted by Crippen LogP contribution is 2.31. The number of imidazole rings is 1. The van der Waals surface area contributed by atoms with Gasteiger partial charge in [0.1, 0.15) is 0 Å². The van der Waals surface area contributed by atoms with Crippen molar-refractivity contribution < 1.29 is 18.3 Å². The van der Waals surface area contributed by atoms with E-state index in [4.69, 9.17) is 16.7 Å². The summed E-state index contributed by atoms with van der Waals surface area (Å²) in [6.45, 7) is 1.80. The lowest BCUT2D eigenvalue weighted by atomic mass is 10.2. The number of aromatic nitrogens is 4. The monoisotopic (exact) mass is 416 g/mol. The first-order chi connectivity index (χ1) is 13.3. The third-order valence-corrected chi connectivity index (χ3v) is 6.38. The van der Waals surface area contributed by atoms with Gasteiger partial charge in [-0.05, 0) is 36.8 Å². The van der Waals surface area contributed by atoms with Crippen LogP contribution in [0.5, 0.6) is 0 Å². The molecule has 0 aliphatic rings. The van der Waals surface area contributed by atoms with Gasteiger partial charge in [0.2, 0.25) is 15.8 Å². The average molecular weight is 417 g/mol. The summed E-state index contributed by atoms with van der Waals surface area (Å²) in [5.74, 6) is -0.874. The van der Waals surface area contributed by atoms with Gasteiger partial charge in [-0.3, -0.25) is 0 Å². The summed E-state index contributed by atoms with van der Waals surface area (Å²) in [6.07, 6.45) is 2.49. The quantitative estimate of drug-likeness (QED) is 0.527. The zero-order valence-electron chi connectivity index (χ0n) is 14.4. The molecule has 0 bridgehead atoms. The van der Waals surface area contributed by atoms with E-state index in [0.29, 0.717) is 11.0 Å². The first-order valence-corrected chi connectivity index (χ1v) is 9.91. The predicted molar refractivity (Wildman–Crippen MR) is 102 cm³/mol. The number of nitrogens with zero attached hydrogens (tertiary/aromatic N) is 3. The first-order valence-electron chi connectivity index (χ1n) is 8.05. The molecule has 0 aliphatic heterocycles. The molecule has 0 unspecified atom stereocenters. The topological polar surface area (TPSA) is 118 Å². The Hall–Kier alpha value is -3.17. The molecule has 2 heterocycles. The van der Waals surface area contributed by atoms with Crippen LogP contribution in [0, 0.1) is 6.92 Å². The van der Waals surface area contributed by atoms with Gasteiger partial charge in [0.25, 0.3) is 0 Å². The van der Waals surface area contributed by atoms with Crippen LogP contribution >= 0.6 is 11.6 Å². The van der Waals surface area contributed by atoms with Gasteiger partial charge in [-0.2, -0.15) is 5.10 Å². The van der Waals surface area contributed by atoms with Crippen molar-refractivity contribution in [3.63, 3.8) is 0 Å². The molecular weight excluding hydrogens is 404 g/mol. The van der Waals surface area contributed by atoms with Crippen LogP contribution in [0.4, 0.5) is 0 Å². The number of aromatic carboxylic acids is 1. The number of halogens is 1. The lowest BCUT2D eigenvalue weighted by molar-refractivity contribution is 0.0697. The van der Waals surface area contributed by atoms with Gasteiger partial charge in [0.05, 0.1) is 37.6 Å². The van der Waals surface area contributed by atoms with Crippen LogP contribution in [-0.4, -0.2) is 39.2 Å². The smallest absolute Gasteiger partial charge is 0.338 e. The third-order valence-electron chi connectivity index (χ3n) is 4.16. The van der Waals surface area contributed by atoms with E-state index in [1.165, 1.54) is 35.3 Å². The molecule has 0 spiro atoms. The number of hydrogen-bond donors (Lipinski definition) is 2. The molecule has 8 nitrogen and oxygen atoms in total. The molecule has 2 aromatic heterocycles. The van der Waals surface area contributed by atoms with E-state index in [-0.39, 0.29) is 26.3 Å². The number of rotatable bonds is 4. The van der Waals surface area contributed by atoms with Crippen molar-refractivity contribution in [1.29, 1.82) is 0 Å². The number of benzene rings is 2. The zero-order chi connectivity index (χ0) is 20.1. The molecule has 2 aromatic carbocycles. The predicted octanol–water partition coefficient (Wildman–Crippen LogP) is 3.24. The van der Waals surface area contributed by atoms with Gasteiger partial charge in [0, 0.05) is 6.20 Å². The van der Waals surface area contributed by atoms with E-state index >= 15 is 0 Å². The van der Waals surface area contributed by atoms with Crippen molar-refractivity contribution in [3.05, 3.63) is 64.9 Å². The number of fused-ring (bicyclic) bond motifs is 1. The van der Waals surface area contributed by atoms with E-state index in [0.717, 1.165) is 5.56 Å². The maximum Gasteiger partial charge on any atom is 0.338 e. The minimum absolute atomic E-state index is 0.00111. The van der Waals surface area contributed by atoms with Gasteiger partial charge in [-0.25, -0.2) is 22.9 Å². The standard InChI is InChI=1S/C18H13ClN4O4S/c1-10-3-2-4-12(5-10)28(26,27)16-7-15-14(6-13(16)19)21-18(22-15)23-9-11(8-20-23)17(24)25/h2-9H,1H3,(H,21,22)(H,24,25). The second kappa shape index (κ2) is 6.47. The lowest BCUT2D eigenvalue weighted by Crippen LogP contribution is -2.03. The molecular formula is C18H13ClN4O4S. The van der Waals surface area contributed by atoms with Crippen LogP contribution in [0.3, 0.4) is 0 Å². The van der Waals surface area contributed by atoms with Crippen molar-refractivity contribution in [2.24, 2.45) is 0 Å². The number of nitrogens with one attached hydrogen (secondary N) is 1. The summed E-state index contributed by atoms with van der Waals surface area (Å²) in [5.41, 5.74) is 1.67. The largest absolute Gasteiger partial charge is 0.478 e. The fourth-order valence-corrected chi connectivity index (χ4v) is 4.67. The van der Waals surface area contributed by atoms with Gasteiger partial charge < -0.3 is 10.1 Å². The Bertz CT molecular complexity index is 1340. The molecule has 0 saturated heterocycles. The normalized spacial score (nSPS) is 11.8. The molecule has 142 valence electrons. The number of aryl methyl sites for hydroxylation is 1. The zero-order valence-corrected chi connectivity index (χ0v) is 16.0. The molecule has 0 fully saturated rings. The molecule has 28 heavy (non-hydrogen) atoms. The Morgan fingerprint density at radius 3 is 2.71 bits per heavy atom. The van der Waals surface area contributed by atoms with Crippen LogP contribution in [0.2, 0.25) is 5.02 Å². The molecule has 0 aliphatic carbocycles. The SMILES string of the molecule is Cc1cccc(S(=O)(=O)c2cc3nc(-n4cc(C(=O)O)cn4)[nH]c3cc2Cl)c1. The maximum absolute atomic E-state index is 13.0. The molecule has 2 N–H and O–H groups in total. The summed E-state index contributed by atoms with van der Waals surface area (Å²) in [5, 5.41) is 13.0. The Labute approximate surface area is 164 Å². The second-order valence-electron chi connectivity index (χ2n) is 6.16. The fraction of sp³-hybridized carbons (Fsp3) is 0.0556.